The van der Waals surface area contributed by atoms with Gasteiger partial charge in [-0.3, -0.25) is 4.79 Å². The van der Waals surface area contributed by atoms with Crippen molar-refractivity contribution in [1.29, 1.82) is 0 Å². The molecule has 0 aliphatic carbocycles. The van der Waals surface area contributed by atoms with Crippen molar-refractivity contribution in [3.8, 4) is 5.88 Å². The summed E-state index contributed by atoms with van der Waals surface area (Å²) in [6, 6.07) is 5.27. The lowest BCUT2D eigenvalue weighted by molar-refractivity contribution is 0.0577. The molecule has 0 atom stereocenters. The fourth-order valence-corrected chi connectivity index (χ4v) is 2.52. The van der Waals surface area contributed by atoms with Crippen LogP contribution in [-0.4, -0.2) is 35.1 Å². The van der Waals surface area contributed by atoms with Crippen LogP contribution in [0.3, 0.4) is 0 Å². The second kappa shape index (κ2) is 7.39. The molecule has 2 rings (SSSR count). The molecule has 0 unspecified atom stereocenters. The van der Waals surface area contributed by atoms with Crippen molar-refractivity contribution in [2.24, 2.45) is 0 Å². The number of pyridine rings is 1. The molecule has 0 N–H and O–H groups in total. The molecule has 2 heterocycles. The van der Waals surface area contributed by atoms with Crippen LogP contribution in [0.5, 0.6) is 5.88 Å². The van der Waals surface area contributed by atoms with Crippen LogP contribution in [0.15, 0.2) is 24.4 Å². The van der Waals surface area contributed by atoms with Crippen LogP contribution >= 0.6 is 11.3 Å². The zero-order chi connectivity index (χ0) is 17.7. The number of carbonyl (C=O) groups excluding carboxylic acids is 2. The fourth-order valence-electron chi connectivity index (χ4n) is 1.80. The number of carbonyl (C=O) groups is 2. The fraction of sp³-hybridized carbons (Fsp3) is 0.375. The first-order valence-electron chi connectivity index (χ1n) is 7.24. The van der Waals surface area contributed by atoms with E-state index in [9.17, 15) is 9.59 Å². The van der Waals surface area contributed by atoms with Crippen molar-refractivity contribution in [3.63, 3.8) is 0 Å². The lowest BCUT2D eigenvalue weighted by Crippen LogP contribution is -2.36. The normalized spacial score (nSPS) is 11.0. The van der Waals surface area contributed by atoms with E-state index < -0.39 is 11.7 Å². The second-order valence-corrected chi connectivity index (χ2v) is 6.94. The summed E-state index contributed by atoms with van der Waals surface area (Å²) in [6.07, 6.45) is 1.56. The van der Waals surface area contributed by atoms with Gasteiger partial charge in [0.15, 0.2) is 11.4 Å². The number of nitrogens with zero attached hydrogens (tertiary/aromatic N) is 3. The Balaban J connectivity index is 2.30. The Labute approximate surface area is 144 Å². The maximum atomic E-state index is 12.5. The van der Waals surface area contributed by atoms with Crippen LogP contribution in [0.2, 0.25) is 0 Å². The predicted octanol–water partition coefficient (Wildman–Crippen LogP) is 3.30. The zero-order valence-electron chi connectivity index (χ0n) is 14.0. The molecule has 1 amide bonds. The maximum Gasteiger partial charge on any atom is 0.417 e. The van der Waals surface area contributed by atoms with Crippen molar-refractivity contribution in [2.45, 2.75) is 32.9 Å². The molecule has 24 heavy (non-hydrogen) atoms. The Hall–Kier alpha value is -2.48. The van der Waals surface area contributed by atoms with Crippen LogP contribution in [0.1, 0.15) is 36.1 Å². The number of hydrogen-bond acceptors (Lipinski definition) is 7. The van der Waals surface area contributed by atoms with Gasteiger partial charge in [-0.1, -0.05) is 17.4 Å². The Kier molecular flexibility index (Phi) is 5.50. The Bertz CT molecular complexity index is 724. The van der Waals surface area contributed by atoms with Crippen molar-refractivity contribution >= 4 is 28.8 Å². The van der Waals surface area contributed by atoms with E-state index in [1.807, 2.05) is 0 Å². The minimum atomic E-state index is -0.651. The number of hydrogen-bond donors (Lipinski definition) is 0. The first-order chi connectivity index (χ1) is 11.3. The molecule has 7 nitrogen and oxygen atoms in total. The first kappa shape index (κ1) is 17.9. The van der Waals surface area contributed by atoms with Gasteiger partial charge in [0.25, 0.3) is 0 Å². The van der Waals surface area contributed by atoms with Gasteiger partial charge in [0.1, 0.15) is 5.60 Å². The number of rotatable bonds is 5. The average Bonchev–Trinajstić information content (AvgIpc) is 2.99. The summed E-state index contributed by atoms with van der Waals surface area (Å²) in [5.74, 6) is 0.448. The van der Waals surface area contributed by atoms with E-state index in [0.717, 1.165) is 11.3 Å². The molecule has 0 saturated carbocycles. The van der Waals surface area contributed by atoms with E-state index in [-0.39, 0.29) is 6.54 Å². The molecule has 8 heteroatoms. The van der Waals surface area contributed by atoms with E-state index in [4.69, 9.17) is 9.47 Å². The van der Waals surface area contributed by atoms with Gasteiger partial charge in [0.05, 0.1) is 30.4 Å². The molecule has 128 valence electrons. The Morgan fingerprint density at radius 2 is 2.12 bits per heavy atom. The minimum absolute atomic E-state index is 0.151. The van der Waals surface area contributed by atoms with Gasteiger partial charge >= 0.3 is 6.09 Å². The van der Waals surface area contributed by atoms with Crippen molar-refractivity contribution in [3.05, 3.63) is 35.0 Å². The van der Waals surface area contributed by atoms with Crippen molar-refractivity contribution in [1.82, 2.24) is 9.97 Å². The standard InChI is InChI=1S/C16H19N3O4S/c1-16(2,3)23-15(21)19(14-17-8-12(10-20)24-14)9-11-6-5-7-13(18-11)22-4/h5-8,10H,9H2,1-4H3. The van der Waals surface area contributed by atoms with E-state index >= 15 is 0 Å². The smallest absolute Gasteiger partial charge is 0.417 e. The van der Waals surface area contributed by atoms with Crippen LogP contribution in [-0.2, 0) is 11.3 Å². The molecule has 0 aliphatic rings. The van der Waals surface area contributed by atoms with Crippen LogP contribution in [0.4, 0.5) is 9.93 Å². The zero-order valence-corrected chi connectivity index (χ0v) is 14.8. The molecule has 0 bridgehead atoms. The van der Waals surface area contributed by atoms with E-state index in [1.165, 1.54) is 18.2 Å². The average molecular weight is 349 g/mol. The summed E-state index contributed by atoms with van der Waals surface area (Å²) < 4.78 is 10.5. The number of amides is 1. The Morgan fingerprint density at radius 3 is 2.71 bits per heavy atom. The topological polar surface area (TPSA) is 81.6 Å². The highest BCUT2D eigenvalue weighted by atomic mass is 32.1. The molecular formula is C16H19N3O4S. The number of aldehydes is 1. The summed E-state index contributed by atoms with van der Waals surface area (Å²) in [5, 5.41) is 0.371. The molecule has 0 aliphatic heterocycles. The van der Waals surface area contributed by atoms with Gasteiger partial charge < -0.3 is 9.47 Å². The third-order valence-corrected chi connectivity index (χ3v) is 3.73. The predicted molar refractivity (Wildman–Crippen MR) is 90.7 cm³/mol. The quantitative estimate of drug-likeness (QED) is 0.770. The van der Waals surface area contributed by atoms with E-state index in [1.54, 1.807) is 39.0 Å². The van der Waals surface area contributed by atoms with Gasteiger partial charge in [-0.05, 0) is 26.8 Å². The summed E-state index contributed by atoms with van der Waals surface area (Å²) in [4.78, 5) is 33.6. The number of thiazole rings is 1. The summed E-state index contributed by atoms with van der Waals surface area (Å²) in [5.41, 5.74) is -0.0370. The minimum Gasteiger partial charge on any atom is -0.481 e. The van der Waals surface area contributed by atoms with Crippen molar-refractivity contribution in [2.75, 3.05) is 12.0 Å². The monoisotopic (exact) mass is 349 g/mol. The first-order valence-corrected chi connectivity index (χ1v) is 8.05. The SMILES string of the molecule is COc1cccc(CN(C(=O)OC(C)(C)C)c2ncc(C=O)s2)n1. The number of anilines is 1. The molecular weight excluding hydrogens is 330 g/mol. The van der Waals surface area contributed by atoms with Crippen LogP contribution in [0, 0.1) is 0 Å². The molecule has 0 saturated heterocycles. The lowest BCUT2D eigenvalue weighted by Gasteiger charge is -2.25. The molecule has 2 aromatic heterocycles. The van der Waals surface area contributed by atoms with Gasteiger partial charge in [-0.15, -0.1) is 0 Å². The third-order valence-electron chi connectivity index (χ3n) is 2.78. The summed E-state index contributed by atoms with van der Waals surface area (Å²) in [6.45, 7) is 5.50. The van der Waals surface area contributed by atoms with Crippen LogP contribution < -0.4 is 9.64 Å². The number of methoxy groups -OCH3 is 1. The highest BCUT2D eigenvalue weighted by Crippen LogP contribution is 2.25. The van der Waals surface area contributed by atoms with E-state index in [0.29, 0.717) is 27.9 Å². The lowest BCUT2D eigenvalue weighted by atomic mass is 10.2. The molecule has 0 spiro atoms. The van der Waals surface area contributed by atoms with Gasteiger partial charge in [-0.25, -0.2) is 19.7 Å². The molecule has 0 radical (unpaired) electrons. The summed E-state index contributed by atoms with van der Waals surface area (Å²) in [7, 11) is 1.52. The second-order valence-electron chi connectivity index (χ2n) is 5.90. The van der Waals surface area contributed by atoms with Crippen molar-refractivity contribution < 1.29 is 19.1 Å². The van der Waals surface area contributed by atoms with E-state index in [2.05, 4.69) is 9.97 Å². The maximum absolute atomic E-state index is 12.5. The van der Waals surface area contributed by atoms with Gasteiger partial charge in [-0.2, -0.15) is 0 Å². The Morgan fingerprint density at radius 1 is 1.38 bits per heavy atom. The molecule has 2 aromatic rings. The molecule has 0 aromatic carbocycles. The third kappa shape index (κ3) is 4.76. The van der Waals surface area contributed by atoms with Crippen LogP contribution in [0.25, 0.3) is 0 Å². The highest BCUT2D eigenvalue weighted by Gasteiger charge is 2.26. The molecule has 0 fully saturated rings. The highest BCUT2D eigenvalue weighted by molar-refractivity contribution is 7.17. The number of aromatic nitrogens is 2. The van der Waals surface area contributed by atoms with Gasteiger partial charge in [0, 0.05) is 6.07 Å². The summed E-state index contributed by atoms with van der Waals surface area (Å²) >= 11 is 1.11. The number of ether oxygens (including phenoxy) is 2. The van der Waals surface area contributed by atoms with Gasteiger partial charge in [0.2, 0.25) is 5.88 Å². The largest absolute Gasteiger partial charge is 0.481 e.